The largest absolute Gasteiger partial charge is 0.349 e. The van der Waals surface area contributed by atoms with Crippen LogP contribution in [0.4, 0.5) is 0 Å². The highest BCUT2D eigenvalue weighted by Crippen LogP contribution is 2.35. The molecule has 1 aromatic heterocycles. The molecule has 0 unspecified atom stereocenters. The molecule has 1 aromatic rings. The molecule has 1 N–H and O–H groups in total. The molecule has 2 heterocycles. The van der Waals surface area contributed by atoms with Crippen LogP contribution in [0.15, 0.2) is 11.4 Å². The highest BCUT2D eigenvalue weighted by Gasteiger charge is 2.40. The molecule has 4 nitrogen and oxygen atoms in total. The van der Waals surface area contributed by atoms with Crippen molar-refractivity contribution in [3.63, 3.8) is 0 Å². The van der Waals surface area contributed by atoms with Crippen molar-refractivity contribution in [1.82, 2.24) is 5.32 Å². The summed E-state index contributed by atoms with van der Waals surface area (Å²) in [6.45, 7) is 3.37. The second-order valence-corrected chi connectivity index (χ2v) is 6.20. The van der Waals surface area contributed by atoms with E-state index in [1.807, 2.05) is 18.4 Å². The number of aryl methyl sites for hydroxylation is 1. The van der Waals surface area contributed by atoms with Crippen molar-refractivity contribution in [2.45, 2.75) is 44.4 Å². The Kier molecular flexibility index (Phi) is 3.60. The van der Waals surface area contributed by atoms with Gasteiger partial charge in [-0.25, -0.2) is 0 Å². The molecule has 0 bridgehead atoms. The molecule has 3 rings (SSSR count). The number of nitrogens with one attached hydrogen (secondary N) is 1. The van der Waals surface area contributed by atoms with Crippen LogP contribution in [0.2, 0.25) is 0 Å². The highest BCUT2D eigenvalue weighted by atomic mass is 32.1. The van der Waals surface area contributed by atoms with Gasteiger partial charge in [0.15, 0.2) is 5.79 Å². The van der Waals surface area contributed by atoms with E-state index in [-0.39, 0.29) is 17.7 Å². The molecule has 2 fully saturated rings. The number of hydrogen-bond donors (Lipinski definition) is 1. The Balaban J connectivity index is 1.55. The average molecular weight is 281 g/mol. The van der Waals surface area contributed by atoms with E-state index in [2.05, 4.69) is 5.32 Å². The first kappa shape index (κ1) is 13.1. The van der Waals surface area contributed by atoms with Gasteiger partial charge in [-0.15, -0.1) is 11.3 Å². The molecule has 1 saturated heterocycles. The Morgan fingerprint density at radius 3 is 2.63 bits per heavy atom. The first-order chi connectivity index (χ1) is 9.19. The lowest BCUT2D eigenvalue weighted by atomic mass is 9.90. The Morgan fingerprint density at radius 1 is 1.37 bits per heavy atom. The molecule has 0 atom stereocenters. The molecule has 1 saturated carbocycles. The van der Waals surface area contributed by atoms with Gasteiger partial charge in [0.05, 0.1) is 18.1 Å². The fourth-order valence-electron chi connectivity index (χ4n) is 2.84. The Labute approximate surface area is 117 Å². The second-order valence-electron chi connectivity index (χ2n) is 5.29. The smallest absolute Gasteiger partial charge is 0.261 e. The Hall–Kier alpha value is -0.910. The molecule has 5 heteroatoms. The number of ether oxygens (including phenoxy) is 2. The van der Waals surface area contributed by atoms with Crippen LogP contribution >= 0.6 is 11.3 Å². The zero-order valence-electron chi connectivity index (χ0n) is 11.1. The van der Waals surface area contributed by atoms with Crippen molar-refractivity contribution in [3.05, 3.63) is 21.9 Å². The van der Waals surface area contributed by atoms with Gasteiger partial charge in [0.25, 0.3) is 5.91 Å². The van der Waals surface area contributed by atoms with E-state index in [1.165, 1.54) is 11.3 Å². The van der Waals surface area contributed by atoms with E-state index >= 15 is 0 Å². The fourth-order valence-corrected chi connectivity index (χ4v) is 3.67. The van der Waals surface area contributed by atoms with Crippen LogP contribution in [0, 0.1) is 6.92 Å². The highest BCUT2D eigenvalue weighted by molar-refractivity contribution is 7.12. The molecule has 1 aliphatic heterocycles. The normalized spacial score (nSPS) is 22.8. The molecule has 1 spiro atoms. The van der Waals surface area contributed by atoms with Gasteiger partial charge in [-0.3, -0.25) is 4.79 Å². The summed E-state index contributed by atoms with van der Waals surface area (Å²) in [6, 6.07) is 2.22. The predicted molar refractivity (Wildman–Crippen MR) is 73.4 cm³/mol. The summed E-state index contributed by atoms with van der Waals surface area (Å²) in [4.78, 5) is 13.0. The molecule has 2 aliphatic rings. The van der Waals surface area contributed by atoms with E-state index in [9.17, 15) is 4.79 Å². The number of carbonyl (C=O) groups is 1. The van der Waals surface area contributed by atoms with Crippen LogP contribution in [0.1, 0.15) is 40.9 Å². The van der Waals surface area contributed by atoms with Crippen LogP contribution in [-0.2, 0) is 9.47 Å². The third-order valence-corrected chi connectivity index (χ3v) is 4.98. The molecule has 1 amide bonds. The van der Waals surface area contributed by atoms with Crippen molar-refractivity contribution in [3.8, 4) is 0 Å². The zero-order valence-corrected chi connectivity index (χ0v) is 11.9. The number of thiophene rings is 1. The quantitative estimate of drug-likeness (QED) is 0.906. The van der Waals surface area contributed by atoms with Gasteiger partial charge in [-0.2, -0.15) is 0 Å². The topological polar surface area (TPSA) is 47.6 Å². The van der Waals surface area contributed by atoms with Crippen LogP contribution < -0.4 is 5.32 Å². The molecule has 0 radical (unpaired) electrons. The van der Waals surface area contributed by atoms with E-state index < -0.39 is 0 Å². The van der Waals surface area contributed by atoms with Gasteiger partial charge in [0.1, 0.15) is 0 Å². The van der Waals surface area contributed by atoms with Crippen molar-refractivity contribution in [2.75, 3.05) is 13.2 Å². The maximum atomic E-state index is 12.1. The number of carbonyl (C=O) groups excluding carboxylic acids is 1. The minimum Gasteiger partial charge on any atom is -0.349 e. The Morgan fingerprint density at radius 2 is 2.05 bits per heavy atom. The average Bonchev–Trinajstić information content (AvgIpc) is 3.02. The van der Waals surface area contributed by atoms with Gasteiger partial charge in [0.2, 0.25) is 0 Å². The lowest BCUT2D eigenvalue weighted by Crippen LogP contribution is -2.43. The van der Waals surface area contributed by atoms with Crippen LogP contribution in [0.3, 0.4) is 0 Å². The lowest BCUT2D eigenvalue weighted by molar-refractivity contribution is -0.179. The molecule has 1 aliphatic carbocycles. The first-order valence-electron chi connectivity index (χ1n) is 6.81. The number of rotatable bonds is 2. The summed E-state index contributed by atoms with van der Waals surface area (Å²) in [6.07, 6.45) is 3.61. The van der Waals surface area contributed by atoms with Gasteiger partial charge in [0, 0.05) is 18.9 Å². The molecule has 0 aromatic carbocycles. The van der Waals surface area contributed by atoms with Crippen molar-refractivity contribution >= 4 is 17.2 Å². The number of hydrogen-bond acceptors (Lipinski definition) is 4. The predicted octanol–water partition coefficient (Wildman–Crippen LogP) is 2.47. The van der Waals surface area contributed by atoms with Crippen LogP contribution in [0.25, 0.3) is 0 Å². The summed E-state index contributed by atoms with van der Waals surface area (Å²) in [5.74, 6) is -0.290. The van der Waals surface area contributed by atoms with Crippen molar-refractivity contribution in [2.24, 2.45) is 0 Å². The van der Waals surface area contributed by atoms with Gasteiger partial charge in [-0.05, 0) is 36.8 Å². The second kappa shape index (κ2) is 5.23. The molecule has 19 heavy (non-hydrogen) atoms. The van der Waals surface area contributed by atoms with E-state index in [0.717, 1.165) is 36.1 Å². The van der Waals surface area contributed by atoms with E-state index in [1.54, 1.807) is 0 Å². The number of amides is 1. The van der Waals surface area contributed by atoms with Crippen molar-refractivity contribution in [1.29, 1.82) is 0 Å². The van der Waals surface area contributed by atoms with Crippen LogP contribution in [-0.4, -0.2) is 30.9 Å². The summed E-state index contributed by atoms with van der Waals surface area (Å²) in [7, 11) is 0. The van der Waals surface area contributed by atoms with Crippen molar-refractivity contribution < 1.29 is 14.3 Å². The zero-order chi connectivity index (χ0) is 13.3. The van der Waals surface area contributed by atoms with Gasteiger partial charge >= 0.3 is 0 Å². The molecule has 104 valence electrons. The van der Waals surface area contributed by atoms with E-state index in [4.69, 9.17) is 9.47 Å². The maximum absolute atomic E-state index is 12.1. The van der Waals surface area contributed by atoms with Gasteiger partial charge in [-0.1, -0.05) is 0 Å². The lowest BCUT2D eigenvalue weighted by Gasteiger charge is -2.35. The molecular formula is C14H19NO3S. The maximum Gasteiger partial charge on any atom is 0.261 e. The summed E-state index contributed by atoms with van der Waals surface area (Å²) >= 11 is 1.50. The first-order valence-corrected chi connectivity index (χ1v) is 7.69. The minimum absolute atomic E-state index is 0.0571. The summed E-state index contributed by atoms with van der Waals surface area (Å²) in [5.41, 5.74) is 1.05. The standard InChI is InChI=1S/C14H19NO3S/c1-10-4-9-19-12(10)13(16)15-11-2-5-14(6-3-11)17-7-8-18-14/h4,9,11H,2-3,5-8H2,1H3,(H,15,16). The van der Waals surface area contributed by atoms with E-state index in [0.29, 0.717) is 13.2 Å². The summed E-state index contributed by atoms with van der Waals surface area (Å²) < 4.78 is 11.4. The Bertz CT molecular complexity index is 455. The minimum atomic E-state index is -0.347. The summed E-state index contributed by atoms with van der Waals surface area (Å²) in [5, 5.41) is 5.09. The third-order valence-electron chi connectivity index (χ3n) is 3.96. The SMILES string of the molecule is Cc1ccsc1C(=O)NC1CCC2(CC1)OCCO2. The monoisotopic (exact) mass is 281 g/mol. The molecular weight excluding hydrogens is 262 g/mol. The van der Waals surface area contributed by atoms with Crippen LogP contribution in [0.5, 0.6) is 0 Å². The fraction of sp³-hybridized carbons (Fsp3) is 0.643. The third kappa shape index (κ3) is 2.68. The van der Waals surface area contributed by atoms with Gasteiger partial charge < -0.3 is 14.8 Å².